The summed E-state index contributed by atoms with van der Waals surface area (Å²) in [6, 6.07) is 7.98. The molecule has 1 saturated heterocycles. The molecule has 2 aromatic rings. The molecule has 3 amide bonds. The van der Waals surface area contributed by atoms with Gasteiger partial charge in [0.25, 0.3) is 5.24 Å². The molecular formula is C18H21N5O3S2. The molecule has 0 radical (unpaired) electrons. The maximum absolute atomic E-state index is 12.1. The molecule has 28 heavy (non-hydrogen) atoms. The van der Waals surface area contributed by atoms with E-state index in [1.165, 1.54) is 16.7 Å². The molecule has 1 aromatic heterocycles. The largest absolute Gasteiger partial charge is 0.354 e. The molecule has 0 saturated carbocycles. The summed E-state index contributed by atoms with van der Waals surface area (Å²) >= 11 is 2.30. The summed E-state index contributed by atoms with van der Waals surface area (Å²) in [5.74, 6) is 0.756. The molecule has 8 nitrogen and oxygen atoms in total. The van der Waals surface area contributed by atoms with Crippen molar-refractivity contribution in [3.63, 3.8) is 0 Å². The second-order valence-corrected chi connectivity index (χ2v) is 7.97. The molecule has 1 aliphatic heterocycles. The molecular weight excluding hydrogens is 398 g/mol. The van der Waals surface area contributed by atoms with Crippen LogP contribution in [0.25, 0.3) is 11.4 Å². The third kappa shape index (κ3) is 4.56. The van der Waals surface area contributed by atoms with Crippen molar-refractivity contribution < 1.29 is 14.4 Å². The van der Waals surface area contributed by atoms with Gasteiger partial charge in [0, 0.05) is 25.2 Å². The highest BCUT2D eigenvalue weighted by molar-refractivity contribution is 8.14. The number of thioether (sulfide) groups is 2. The van der Waals surface area contributed by atoms with Gasteiger partial charge in [0.2, 0.25) is 11.8 Å². The van der Waals surface area contributed by atoms with Gasteiger partial charge in [0.05, 0.1) is 11.5 Å². The van der Waals surface area contributed by atoms with Gasteiger partial charge in [-0.15, -0.1) is 10.2 Å². The predicted octanol–water partition coefficient (Wildman–Crippen LogP) is 2.18. The van der Waals surface area contributed by atoms with Gasteiger partial charge in [-0.05, 0) is 19.4 Å². The van der Waals surface area contributed by atoms with E-state index >= 15 is 0 Å². The van der Waals surface area contributed by atoms with E-state index in [4.69, 9.17) is 0 Å². The van der Waals surface area contributed by atoms with Crippen LogP contribution in [0.4, 0.5) is 4.79 Å². The molecule has 1 N–H and O–H groups in total. The molecule has 1 aromatic carbocycles. The molecule has 0 unspecified atom stereocenters. The zero-order chi connectivity index (χ0) is 20.1. The Bertz CT molecular complexity index is 883. The Morgan fingerprint density at radius 3 is 2.75 bits per heavy atom. The molecule has 0 spiro atoms. The van der Waals surface area contributed by atoms with Gasteiger partial charge >= 0.3 is 0 Å². The number of benzene rings is 1. The molecule has 1 fully saturated rings. The van der Waals surface area contributed by atoms with E-state index in [0.717, 1.165) is 28.7 Å². The Kier molecular flexibility index (Phi) is 6.74. The van der Waals surface area contributed by atoms with Crippen LogP contribution in [0, 0.1) is 6.92 Å². The molecule has 148 valence electrons. The maximum atomic E-state index is 12.1. The molecule has 3 rings (SSSR count). The minimum absolute atomic E-state index is 0.179. The van der Waals surface area contributed by atoms with Gasteiger partial charge < -0.3 is 9.88 Å². The predicted molar refractivity (Wildman–Crippen MR) is 109 cm³/mol. The van der Waals surface area contributed by atoms with Gasteiger partial charge in [-0.2, -0.15) is 0 Å². The van der Waals surface area contributed by atoms with E-state index in [1.807, 2.05) is 42.7 Å². The maximum Gasteiger partial charge on any atom is 0.288 e. The number of carbonyl (C=O) groups excluding carboxylic acids is 3. The van der Waals surface area contributed by atoms with Crippen molar-refractivity contribution in [2.75, 3.05) is 24.6 Å². The summed E-state index contributed by atoms with van der Waals surface area (Å²) in [6.07, 6.45) is 0. The number of hydrogen-bond acceptors (Lipinski definition) is 7. The first-order valence-electron chi connectivity index (χ1n) is 8.87. The number of hydrogen-bond donors (Lipinski definition) is 1. The summed E-state index contributed by atoms with van der Waals surface area (Å²) < 4.78 is 1.99. The minimum Gasteiger partial charge on any atom is -0.354 e. The van der Waals surface area contributed by atoms with Crippen molar-refractivity contribution in [1.82, 2.24) is 25.0 Å². The molecule has 1 aliphatic rings. The highest BCUT2D eigenvalue weighted by atomic mass is 32.2. The molecule has 10 heteroatoms. The SMILES string of the molecule is CCn1c(SCC(=O)NCCN2C(=O)CSC2=O)nnc1-c1ccccc1C. The van der Waals surface area contributed by atoms with Crippen LogP contribution >= 0.6 is 23.5 Å². The number of rotatable bonds is 8. The smallest absolute Gasteiger partial charge is 0.288 e. The van der Waals surface area contributed by atoms with Gasteiger partial charge in [-0.25, -0.2) is 0 Å². The highest BCUT2D eigenvalue weighted by Crippen LogP contribution is 2.26. The fraction of sp³-hybridized carbons (Fsp3) is 0.389. The number of carbonyl (C=O) groups is 3. The Morgan fingerprint density at radius 2 is 2.07 bits per heavy atom. The molecule has 2 heterocycles. The van der Waals surface area contributed by atoms with Crippen molar-refractivity contribution in [3.8, 4) is 11.4 Å². The van der Waals surface area contributed by atoms with Crippen molar-refractivity contribution in [2.24, 2.45) is 0 Å². The minimum atomic E-state index is -0.256. The van der Waals surface area contributed by atoms with E-state index in [-0.39, 0.29) is 41.6 Å². The summed E-state index contributed by atoms with van der Waals surface area (Å²) in [7, 11) is 0. The lowest BCUT2D eigenvalue weighted by Crippen LogP contribution is -2.38. The van der Waals surface area contributed by atoms with Crippen molar-refractivity contribution >= 4 is 40.6 Å². The topological polar surface area (TPSA) is 97.2 Å². The Morgan fingerprint density at radius 1 is 1.29 bits per heavy atom. The van der Waals surface area contributed by atoms with E-state index in [9.17, 15) is 14.4 Å². The van der Waals surface area contributed by atoms with Crippen molar-refractivity contribution in [3.05, 3.63) is 29.8 Å². The average Bonchev–Trinajstić information content (AvgIpc) is 3.24. The van der Waals surface area contributed by atoms with Crippen molar-refractivity contribution in [2.45, 2.75) is 25.5 Å². The molecule has 0 aliphatic carbocycles. The lowest BCUT2D eigenvalue weighted by Gasteiger charge is -2.13. The fourth-order valence-electron chi connectivity index (χ4n) is 2.79. The van der Waals surface area contributed by atoms with Crippen LogP contribution < -0.4 is 5.32 Å². The van der Waals surface area contributed by atoms with Crippen LogP contribution in [0.15, 0.2) is 29.4 Å². The van der Waals surface area contributed by atoms with Crippen LogP contribution in [-0.4, -0.2) is 61.3 Å². The van der Waals surface area contributed by atoms with Gasteiger partial charge in [0.15, 0.2) is 11.0 Å². The molecule has 0 atom stereocenters. The Balaban J connectivity index is 1.54. The number of imide groups is 1. The average molecular weight is 420 g/mol. The lowest BCUT2D eigenvalue weighted by atomic mass is 10.1. The van der Waals surface area contributed by atoms with Crippen LogP contribution in [-0.2, 0) is 16.1 Å². The monoisotopic (exact) mass is 419 g/mol. The number of aromatic nitrogens is 3. The fourth-order valence-corrected chi connectivity index (χ4v) is 4.37. The van der Waals surface area contributed by atoms with Crippen LogP contribution in [0.3, 0.4) is 0 Å². The van der Waals surface area contributed by atoms with E-state index in [0.29, 0.717) is 11.7 Å². The highest BCUT2D eigenvalue weighted by Gasteiger charge is 2.29. The van der Waals surface area contributed by atoms with Gasteiger partial charge in [-0.1, -0.05) is 47.8 Å². The number of nitrogens with one attached hydrogen (secondary N) is 1. The zero-order valence-electron chi connectivity index (χ0n) is 15.7. The lowest BCUT2D eigenvalue weighted by molar-refractivity contribution is -0.125. The van der Waals surface area contributed by atoms with Crippen LogP contribution in [0.2, 0.25) is 0 Å². The summed E-state index contributed by atoms with van der Waals surface area (Å²) in [5, 5.41) is 11.7. The first kappa shape index (κ1) is 20.4. The number of aryl methyl sites for hydroxylation is 1. The zero-order valence-corrected chi connectivity index (χ0v) is 17.3. The van der Waals surface area contributed by atoms with E-state index in [1.54, 1.807) is 0 Å². The standard InChI is InChI=1S/C18H21N5O3S2/c1-3-22-16(13-7-5-4-6-12(13)2)20-21-17(22)27-10-14(24)19-8-9-23-15(25)11-28-18(23)26/h4-7H,3,8-11H2,1-2H3,(H,19,24). The summed E-state index contributed by atoms with van der Waals surface area (Å²) in [5.41, 5.74) is 2.13. The third-order valence-electron chi connectivity index (χ3n) is 4.25. The first-order chi connectivity index (χ1) is 13.5. The van der Waals surface area contributed by atoms with Crippen LogP contribution in [0.5, 0.6) is 0 Å². The normalized spacial score (nSPS) is 14.0. The summed E-state index contributed by atoms with van der Waals surface area (Å²) in [6.45, 7) is 5.17. The number of amides is 3. The quantitative estimate of drug-likeness (QED) is 0.655. The number of nitrogens with zero attached hydrogens (tertiary/aromatic N) is 4. The Hall–Kier alpha value is -2.33. The molecule has 0 bridgehead atoms. The summed E-state index contributed by atoms with van der Waals surface area (Å²) in [4.78, 5) is 36.3. The Labute approximate surface area is 171 Å². The van der Waals surface area contributed by atoms with E-state index in [2.05, 4.69) is 15.5 Å². The van der Waals surface area contributed by atoms with Gasteiger partial charge in [-0.3, -0.25) is 19.3 Å². The second kappa shape index (κ2) is 9.24. The second-order valence-electron chi connectivity index (χ2n) is 6.10. The van der Waals surface area contributed by atoms with Crippen molar-refractivity contribution in [1.29, 1.82) is 0 Å². The van der Waals surface area contributed by atoms with Gasteiger partial charge in [0.1, 0.15) is 0 Å². The third-order valence-corrected chi connectivity index (χ3v) is 6.07. The van der Waals surface area contributed by atoms with Crippen LogP contribution in [0.1, 0.15) is 12.5 Å². The van der Waals surface area contributed by atoms with E-state index < -0.39 is 0 Å². The first-order valence-corrected chi connectivity index (χ1v) is 10.8.